The molecule has 1 aromatic carbocycles. The van der Waals surface area contributed by atoms with Gasteiger partial charge in [0.2, 0.25) is 5.91 Å². The van der Waals surface area contributed by atoms with E-state index in [0.29, 0.717) is 19.4 Å². The lowest BCUT2D eigenvalue weighted by Gasteiger charge is -2.11. The average Bonchev–Trinajstić information content (AvgIpc) is 3.04. The summed E-state index contributed by atoms with van der Waals surface area (Å²) in [5, 5.41) is 9.46. The first-order valence-electron chi connectivity index (χ1n) is 6.68. The zero-order valence-corrected chi connectivity index (χ0v) is 12.2. The van der Waals surface area contributed by atoms with Crippen molar-refractivity contribution in [2.45, 2.75) is 19.4 Å². The molecule has 0 atom stereocenters. The third-order valence-electron chi connectivity index (χ3n) is 3.16. The first kappa shape index (κ1) is 14.9. The second-order valence-electron chi connectivity index (χ2n) is 4.56. The first-order valence-corrected chi connectivity index (χ1v) is 6.68. The fourth-order valence-electron chi connectivity index (χ4n) is 1.97. The molecule has 6 nitrogen and oxygen atoms in total. The summed E-state index contributed by atoms with van der Waals surface area (Å²) in [6, 6.07) is 5.50. The minimum Gasteiger partial charge on any atom is -0.497 e. The Labute approximate surface area is 123 Å². The van der Waals surface area contributed by atoms with Gasteiger partial charge >= 0.3 is 0 Å². The molecule has 0 aliphatic rings. The molecule has 0 saturated carbocycles. The number of hydrogen-bond acceptors (Lipinski definition) is 4. The highest BCUT2D eigenvalue weighted by Crippen LogP contribution is 2.23. The molecule has 1 heterocycles. The van der Waals surface area contributed by atoms with Gasteiger partial charge in [-0.2, -0.15) is 5.10 Å². The molecule has 0 radical (unpaired) electrons. The van der Waals surface area contributed by atoms with Crippen LogP contribution in [0.25, 0.3) is 0 Å². The van der Waals surface area contributed by atoms with Crippen molar-refractivity contribution in [3.8, 4) is 11.5 Å². The lowest BCUT2D eigenvalue weighted by atomic mass is 10.1. The van der Waals surface area contributed by atoms with E-state index in [1.807, 2.05) is 18.2 Å². The first-order chi connectivity index (χ1) is 10.2. The molecule has 21 heavy (non-hydrogen) atoms. The molecule has 2 aromatic rings. The highest BCUT2D eigenvalue weighted by molar-refractivity contribution is 5.76. The van der Waals surface area contributed by atoms with Gasteiger partial charge in [-0.25, -0.2) is 0 Å². The highest BCUT2D eigenvalue weighted by Gasteiger charge is 2.08. The van der Waals surface area contributed by atoms with Gasteiger partial charge in [-0.05, 0) is 30.2 Å². The van der Waals surface area contributed by atoms with Crippen LogP contribution in [0.15, 0.2) is 30.6 Å². The van der Waals surface area contributed by atoms with E-state index in [1.165, 1.54) is 0 Å². The summed E-state index contributed by atoms with van der Waals surface area (Å²) in [5.41, 5.74) is 1.90. The number of ether oxygens (including phenoxy) is 2. The number of amides is 1. The van der Waals surface area contributed by atoms with Crippen molar-refractivity contribution < 1.29 is 14.3 Å². The zero-order valence-electron chi connectivity index (χ0n) is 12.2. The summed E-state index contributed by atoms with van der Waals surface area (Å²) >= 11 is 0. The van der Waals surface area contributed by atoms with E-state index in [1.54, 1.807) is 26.6 Å². The Morgan fingerprint density at radius 2 is 2.19 bits per heavy atom. The van der Waals surface area contributed by atoms with Crippen LogP contribution in [0.5, 0.6) is 11.5 Å². The predicted octanol–water partition coefficient (Wildman–Crippen LogP) is 1.68. The van der Waals surface area contributed by atoms with Crippen molar-refractivity contribution in [2.75, 3.05) is 14.2 Å². The average molecular weight is 289 g/mol. The second kappa shape index (κ2) is 7.33. The van der Waals surface area contributed by atoms with Gasteiger partial charge in [-0.3, -0.25) is 9.89 Å². The van der Waals surface area contributed by atoms with Crippen molar-refractivity contribution in [2.24, 2.45) is 0 Å². The number of rotatable bonds is 7. The largest absolute Gasteiger partial charge is 0.497 e. The van der Waals surface area contributed by atoms with Crippen molar-refractivity contribution in [3.63, 3.8) is 0 Å². The van der Waals surface area contributed by atoms with E-state index < -0.39 is 0 Å². The van der Waals surface area contributed by atoms with E-state index in [0.717, 1.165) is 22.6 Å². The molecule has 112 valence electrons. The normalized spacial score (nSPS) is 10.2. The summed E-state index contributed by atoms with van der Waals surface area (Å²) in [4.78, 5) is 11.9. The minimum atomic E-state index is -0.0129. The van der Waals surface area contributed by atoms with Gasteiger partial charge in [0.15, 0.2) is 0 Å². The molecule has 0 bridgehead atoms. The fourth-order valence-corrected chi connectivity index (χ4v) is 1.97. The number of methoxy groups -OCH3 is 2. The summed E-state index contributed by atoms with van der Waals surface area (Å²) in [7, 11) is 3.21. The standard InChI is InChI=1S/C15H19N3O3/c1-20-13-4-5-14(21-2)12(7-13)10-16-15(19)6-3-11-8-17-18-9-11/h4-5,7-9H,3,6,10H2,1-2H3,(H,16,19)(H,17,18). The van der Waals surface area contributed by atoms with Crippen molar-refractivity contribution in [1.29, 1.82) is 0 Å². The molecule has 0 unspecified atom stereocenters. The van der Waals surface area contributed by atoms with Crippen LogP contribution in [0.2, 0.25) is 0 Å². The number of carbonyl (C=O) groups is 1. The Bertz CT molecular complexity index is 582. The highest BCUT2D eigenvalue weighted by atomic mass is 16.5. The SMILES string of the molecule is COc1ccc(OC)c(CNC(=O)CCc2cn[nH]c2)c1. The number of benzene rings is 1. The van der Waals surface area contributed by atoms with Gasteiger partial charge in [0.05, 0.1) is 20.4 Å². The van der Waals surface area contributed by atoms with Crippen LogP contribution < -0.4 is 14.8 Å². The topological polar surface area (TPSA) is 76.2 Å². The predicted molar refractivity (Wildman–Crippen MR) is 78.3 cm³/mol. The van der Waals surface area contributed by atoms with Gasteiger partial charge in [-0.1, -0.05) is 0 Å². The number of H-pyrrole nitrogens is 1. The van der Waals surface area contributed by atoms with Crippen molar-refractivity contribution in [3.05, 3.63) is 41.7 Å². The summed E-state index contributed by atoms with van der Waals surface area (Å²) in [5.74, 6) is 1.45. The molecule has 2 N–H and O–H groups in total. The molecule has 6 heteroatoms. The molecule has 0 spiro atoms. The van der Waals surface area contributed by atoms with Crippen LogP contribution >= 0.6 is 0 Å². The Balaban J connectivity index is 1.88. The van der Waals surface area contributed by atoms with Gasteiger partial charge < -0.3 is 14.8 Å². The van der Waals surface area contributed by atoms with E-state index in [2.05, 4.69) is 15.5 Å². The number of nitrogens with one attached hydrogen (secondary N) is 2. The molecule has 0 fully saturated rings. The van der Waals surface area contributed by atoms with E-state index in [-0.39, 0.29) is 5.91 Å². The van der Waals surface area contributed by atoms with E-state index >= 15 is 0 Å². The van der Waals surface area contributed by atoms with Gasteiger partial charge in [0.25, 0.3) is 0 Å². The quantitative estimate of drug-likeness (QED) is 0.813. The van der Waals surface area contributed by atoms with Crippen LogP contribution in [-0.2, 0) is 17.8 Å². The van der Waals surface area contributed by atoms with Crippen LogP contribution in [0.1, 0.15) is 17.5 Å². The van der Waals surface area contributed by atoms with Gasteiger partial charge in [0, 0.05) is 24.7 Å². The van der Waals surface area contributed by atoms with E-state index in [9.17, 15) is 4.79 Å². The van der Waals surface area contributed by atoms with Gasteiger partial charge in [0.1, 0.15) is 11.5 Å². The summed E-state index contributed by atoms with van der Waals surface area (Å²) in [6.45, 7) is 0.407. The van der Waals surface area contributed by atoms with Crippen molar-refractivity contribution >= 4 is 5.91 Å². The lowest BCUT2D eigenvalue weighted by molar-refractivity contribution is -0.121. The molecular weight excluding hydrogens is 270 g/mol. The maximum Gasteiger partial charge on any atom is 0.220 e. The molecule has 1 amide bonds. The summed E-state index contributed by atoms with van der Waals surface area (Å²) in [6.07, 6.45) is 4.60. The van der Waals surface area contributed by atoms with Crippen LogP contribution in [-0.4, -0.2) is 30.3 Å². The number of carbonyl (C=O) groups excluding carboxylic acids is 1. The third kappa shape index (κ3) is 4.24. The van der Waals surface area contributed by atoms with Gasteiger partial charge in [-0.15, -0.1) is 0 Å². The monoisotopic (exact) mass is 289 g/mol. The number of nitrogens with zero attached hydrogens (tertiary/aromatic N) is 1. The Kier molecular flexibility index (Phi) is 5.20. The van der Waals surface area contributed by atoms with Crippen molar-refractivity contribution in [1.82, 2.24) is 15.5 Å². The molecule has 0 aliphatic heterocycles. The number of hydrogen-bond donors (Lipinski definition) is 2. The Morgan fingerprint density at radius 1 is 1.33 bits per heavy atom. The van der Waals surface area contributed by atoms with Crippen LogP contribution in [0.4, 0.5) is 0 Å². The molecule has 2 rings (SSSR count). The zero-order chi connectivity index (χ0) is 15.1. The summed E-state index contributed by atoms with van der Waals surface area (Å²) < 4.78 is 10.5. The Morgan fingerprint density at radius 3 is 2.86 bits per heavy atom. The maximum absolute atomic E-state index is 11.9. The maximum atomic E-state index is 11.9. The van der Waals surface area contributed by atoms with Crippen LogP contribution in [0, 0.1) is 0 Å². The van der Waals surface area contributed by atoms with Crippen LogP contribution in [0.3, 0.4) is 0 Å². The molecule has 0 aliphatic carbocycles. The second-order valence-corrected chi connectivity index (χ2v) is 4.56. The minimum absolute atomic E-state index is 0.0129. The van der Waals surface area contributed by atoms with E-state index in [4.69, 9.17) is 9.47 Å². The molecular formula is C15H19N3O3. The Hall–Kier alpha value is -2.50. The number of aromatic nitrogens is 2. The smallest absolute Gasteiger partial charge is 0.220 e. The fraction of sp³-hybridized carbons (Fsp3) is 0.333. The lowest BCUT2D eigenvalue weighted by Crippen LogP contribution is -2.23. The number of aromatic amines is 1. The molecule has 0 saturated heterocycles. The third-order valence-corrected chi connectivity index (χ3v) is 3.16. The number of aryl methyl sites for hydroxylation is 1. The molecule has 1 aromatic heterocycles.